The van der Waals surface area contributed by atoms with Crippen molar-refractivity contribution >= 4 is 17.2 Å². The van der Waals surface area contributed by atoms with Gasteiger partial charge < -0.3 is 5.32 Å². The smallest absolute Gasteiger partial charge is 0.124 e. The fraction of sp³-hybridized carbons (Fsp3) is 0.455. The van der Waals surface area contributed by atoms with E-state index in [0.717, 1.165) is 36.0 Å². The average molecular weight is 236 g/mol. The topological polar surface area (TPSA) is 42.7 Å². The first-order valence-electron chi connectivity index (χ1n) is 5.46. The number of hydrogen-bond donors (Lipinski definition) is 1. The lowest BCUT2D eigenvalue weighted by atomic mass is 10.4. The minimum absolute atomic E-state index is 0.764. The summed E-state index contributed by atoms with van der Waals surface area (Å²) in [7, 11) is 0. The van der Waals surface area contributed by atoms with Gasteiger partial charge in [0.1, 0.15) is 5.82 Å². The van der Waals surface area contributed by atoms with Crippen LogP contribution in [-0.4, -0.2) is 14.8 Å². The van der Waals surface area contributed by atoms with Crippen LogP contribution in [0.1, 0.15) is 24.0 Å². The molecule has 0 spiro atoms. The predicted molar refractivity (Wildman–Crippen MR) is 66.7 cm³/mol. The zero-order chi connectivity index (χ0) is 11.4. The summed E-state index contributed by atoms with van der Waals surface area (Å²) in [6.07, 6.45) is 2.91. The van der Waals surface area contributed by atoms with E-state index in [9.17, 15) is 0 Å². The van der Waals surface area contributed by atoms with Gasteiger partial charge in [-0.3, -0.25) is 0 Å². The molecule has 0 saturated heterocycles. The van der Waals surface area contributed by atoms with E-state index in [0.29, 0.717) is 0 Å². The molecule has 0 aliphatic carbocycles. The Hall–Kier alpha value is -1.36. The first-order chi connectivity index (χ1) is 7.79. The normalized spacial score (nSPS) is 10.6. The van der Waals surface area contributed by atoms with Crippen molar-refractivity contribution in [3.63, 3.8) is 0 Å². The van der Waals surface area contributed by atoms with Gasteiger partial charge in [-0.05, 0) is 13.3 Å². The molecule has 0 radical (unpaired) electrons. The number of anilines is 1. The van der Waals surface area contributed by atoms with Crippen LogP contribution in [-0.2, 0) is 13.1 Å². The molecule has 0 bridgehead atoms. The van der Waals surface area contributed by atoms with Gasteiger partial charge in [0.05, 0.1) is 23.4 Å². The van der Waals surface area contributed by atoms with Crippen molar-refractivity contribution in [2.24, 2.45) is 0 Å². The van der Waals surface area contributed by atoms with Crippen molar-refractivity contribution in [1.29, 1.82) is 0 Å². The van der Waals surface area contributed by atoms with Crippen LogP contribution in [0.2, 0.25) is 0 Å². The Balaban J connectivity index is 1.96. The zero-order valence-electron chi connectivity index (χ0n) is 9.60. The number of hydrogen-bond acceptors (Lipinski definition) is 4. The average Bonchev–Trinajstić information content (AvgIpc) is 2.85. The van der Waals surface area contributed by atoms with Gasteiger partial charge in [0.25, 0.3) is 0 Å². The van der Waals surface area contributed by atoms with Gasteiger partial charge in [0.2, 0.25) is 0 Å². The molecule has 2 aromatic heterocycles. The second-order valence-corrected chi connectivity index (χ2v) is 4.71. The fourth-order valence-electron chi connectivity index (χ4n) is 1.54. The lowest BCUT2D eigenvalue weighted by Gasteiger charge is -2.07. The highest BCUT2D eigenvalue weighted by atomic mass is 32.1. The Morgan fingerprint density at radius 2 is 2.38 bits per heavy atom. The molecule has 0 fully saturated rings. The molecule has 86 valence electrons. The molecule has 0 aliphatic heterocycles. The molecule has 0 saturated carbocycles. The van der Waals surface area contributed by atoms with E-state index in [-0.39, 0.29) is 0 Å². The highest BCUT2D eigenvalue weighted by molar-refractivity contribution is 7.09. The molecular weight excluding hydrogens is 220 g/mol. The fourth-order valence-corrected chi connectivity index (χ4v) is 2.16. The number of aryl methyl sites for hydroxylation is 2. The summed E-state index contributed by atoms with van der Waals surface area (Å²) in [4.78, 5) is 4.41. The van der Waals surface area contributed by atoms with E-state index in [2.05, 4.69) is 27.7 Å². The number of aromatic nitrogens is 3. The second kappa shape index (κ2) is 5.12. The molecule has 0 aliphatic rings. The van der Waals surface area contributed by atoms with Crippen molar-refractivity contribution in [3.8, 4) is 0 Å². The molecule has 0 amide bonds. The molecule has 4 nitrogen and oxygen atoms in total. The highest BCUT2D eigenvalue weighted by Gasteiger charge is 2.02. The molecule has 16 heavy (non-hydrogen) atoms. The molecule has 0 atom stereocenters. The van der Waals surface area contributed by atoms with Crippen molar-refractivity contribution < 1.29 is 0 Å². The van der Waals surface area contributed by atoms with E-state index in [1.165, 1.54) is 0 Å². The number of nitrogens with one attached hydrogen (secondary N) is 1. The highest BCUT2D eigenvalue weighted by Crippen LogP contribution is 2.11. The maximum Gasteiger partial charge on any atom is 0.124 e. The molecule has 2 aromatic rings. The standard InChI is InChI=1S/C11H16N4S/c1-3-6-15-11(4-5-13-15)12-7-10-8-16-9(2)14-10/h4-5,8,12H,3,6-7H2,1-2H3. The maximum absolute atomic E-state index is 4.41. The van der Waals surface area contributed by atoms with E-state index >= 15 is 0 Å². The monoisotopic (exact) mass is 236 g/mol. The van der Waals surface area contributed by atoms with Gasteiger partial charge in [0, 0.05) is 18.0 Å². The first kappa shape index (κ1) is 11.1. The van der Waals surface area contributed by atoms with Crippen molar-refractivity contribution in [1.82, 2.24) is 14.8 Å². The van der Waals surface area contributed by atoms with Gasteiger partial charge in [-0.25, -0.2) is 9.67 Å². The van der Waals surface area contributed by atoms with Gasteiger partial charge >= 0.3 is 0 Å². The minimum atomic E-state index is 0.764. The molecule has 2 heterocycles. The van der Waals surface area contributed by atoms with E-state index in [4.69, 9.17) is 0 Å². The summed E-state index contributed by atoms with van der Waals surface area (Å²) in [6, 6.07) is 1.99. The summed E-state index contributed by atoms with van der Waals surface area (Å²) in [5.41, 5.74) is 1.09. The van der Waals surface area contributed by atoms with Crippen LogP contribution in [0.25, 0.3) is 0 Å². The summed E-state index contributed by atoms with van der Waals surface area (Å²) in [6.45, 7) is 5.88. The SMILES string of the molecule is CCCn1nccc1NCc1csc(C)n1. The second-order valence-electron chi connectivity index (χ2n) is 3.65. The first-order valence-corrected chi connectivity index (χ1v) is 6.34. The summed E-state index contributed by atoms with van der Waals surface area (Å²) in [5, 5.41) is 10.8. The zero-order valence-corrected chi connectivity index (χ0v) is 10.4. The van der Waals surface area contributed by atoms with Crippen molar-refractivity contribution in [2.75, 3.05) is 5.32 Å². The van der Waals surface area contributed by atoms with Crippen LogP contribution in [0.5, 0.6) is 0 Å². The van der Waals surface area contributed by atoms with Gasteiger partial charge in [-0.1, -0.05) is 6.92 Å². The number of nitrogens with zero attached hydrogens (tertiary/aromatic N) is 3. The largest absolute Gasteiger partial charge is 0.365 e. The summed E-state index contributed by atoms with van der Waals surface area (Å²) in [5.74, 6) is 1.06. The van der Waals surface area contributed by atoms with Gasteiger partial charge in [-0.2, -0.15) is 5.10 Å². The molecular formula is C11H16N4S. The van der Waals surface area contributed by atoms with Crippen LogP contribution >= 0.6 is 11.3 Å². The predicted octanol–water partition coefficient (Wildman–Crippen LogP) is 2.67. The third kappa shape index (κ3) is 2.61. The van der Waals surface area contributed by atoms with Crippen LogP contribution < -0.4 is 5.32 Å². The van der Waals surface area contributed by atoms with Crippen molar-refractivity contribution in [2.45, 2.75) is 33.4 Å². The quantitative estimate of drug-likeness (QED) is 0.868. The third-order valence-corrected chi connectivity index (χ3v) is 3.09. The molecule has 0 aromatic carbocycles. The Morgan fingerprint density at radius 3 is 3.06 bits per heavy atom. The lowest BCUT2D eigenvalue weighted by molar-refractivity contribution is 0.607. The van der Waals surface area contributed by atoms with Gasteiger partial charge in [-0.15, -0.1) is 11.3 Å². The number of thiazole rings is 1. The Kier molecular flexibility index (Phi) is 3.56. The van der Waals surface area contributed by atoms with Crippen LogP contribution in [0.15, 0.2) is 17.6 Å². The van der Waals surface area contributed by atoms with Gasteiger partial charge in [0.15, 0.2) is 0 Å². The molecule has 5 heteroatoms. The third-order valence-electron chi connectivity index (χ3n) is 2.27. The maximum atomic E-state index is 4.41. The summed E-state index contributed by atoms with van der Waals surface area (Å²) < 4.78 is 1.99. The van der Waals surface area contributed by atoms with Crippen LogP contribution in [0, 0.1) is 6.92 Å². The Morgan fingerprint density at radius 1 is 1.50 bits per heavy atom. The Bertz CT molecular complexity index is 446. The minimum Gasteiger partial charge on any atom is -0.365 e. The summed E-state index contributed by atoms with van der Waals surface area (Å²) >= 11 is 1.68. The lowest BCUT2D eigenvalue weighted by Crippen LogP contribution is -2.07. The molecule has 2 rings (SSSR count). The molecule has 1 N–H and O–H groups in total. The van der Waals surface area contributed by atoms with Crippen molar-refractivity contribution in [3.05, 3.63) is 28.3 Å². The van der Waals surface area contributed by atoms with E-state index in [1.807, 2.05) is 23.9 Å². The van der Waals surface area contributed by atoms with E-state index < -0.39 is 0 Å². The molecule has 0 unspecified atom stereocenters. The Labute approximate surface area is 99.3 Å². The van der Waals surface area contributed by atoms with Crippen LogP contribution in [0.4, 0.5) is 5.82 Å². The van der Waals surface area contributed by atoms with Crippen LogP contribution in [0.3, 0.4) is 0 Å². The number of rotatable bonds is 5. The van der Waals surface area contributed by atoms with E-state index in [1.54, 1.807) is 11.3 Å².